The van der Waals surface area contributed by atoms with Crippen molar-refractivity contribution in [1.29, 1.82) is 0 Å². The van der Waals surface area contributed by atoms with Crippen LogP contribution in [-0.4, -0.2) is 50.2 Å². The van der Waals surface area contributed by atoms with E-state index in [1.54, 1.807) is 32.4 Å². The summed E-state index contributed by atoms with van der Waals surface area (Å²) in [4.78, 5) is 13.0. The number of aliphatic hydroxyl groups excluding tert-OH is 1. The minimum absolute atomic E-state index is 0.151. The van der Waals surface area contributed by atoms with Crippen LogP contribution in [0.3, 0.4) is 0 Å². The Morgan fingerprint density at radius 2 is 1.76 bits per heavy atom. The molecular formula is C24H26O7S2. The third kappa shape index (κ3) is 3.90. The molecule has 3 aliphatic rings. The smallest absolute Gasteiger partial charge is 0.312 e. The Labute approximate surface area is 201 Å². The Morgan fingerprint density at radius 3 is 2.52 bits per heavy atom. The first-order valence-corrected chi connectivity index (χ1v) is 12.8. The van der Waals surface area contributed by atoms with Crippen LogP contribution in [0.25, 0.3) is 0 Å². The van der Waals surface area contributed by atoms with Gasteiger partial charge in [0.25, 0.3) is 0 Å². The number of hydrogen-bond donors (Lipinski definition) is 1. The summed E-state index contributed by atoms with van der Waals surface area (Å²) in [6.07, 6.45) is 0.0565. The van der Waals surface area contributed by atoms with Crippen molar-refractivity contribution < 1.29 is 33.6 Å². The van der Waals surface area contributed by atoms with Gasteiger partial charge in [-0.3, -0.25) is 4.79 Å². The van der Waals surface area contributed by atoms with Crippen LogP contribution in [0, 0.1) is 11.8 Å². The summed E-state index contributed by atoms with van der Waals surface area (Å²) < 4.78 is 27.0. The number of aliphatic hydroxyl groups is 1. The van der Waals surface area contributed by atoms with E-state index in [9.17, 15) is 9.90 Å². The number of fused-ring (bicyclic) bond motifs is 1. The van der Waals surface area contributed by atoms with Gasteiger partial charge in [0.2, 0.25) is 6.79 Å². The number of benzene rings is 2. The first kappa shape index (κ1) is 22.6. The summed E-state index contributed by atoms with van der Waals surface area (Å²) in [5.41, 5.74) is 1.64. The molecule has 0 saturated carbocycles. The zero-order chi connectivity index (χ0) is 23.0. The molecular weight excluding hydrogens is 464 g/mol. The van der Waals surface area contributed by atoms with Gasteiger partial charge in [-0.1, -0.05) is 12.1 Å². The lowest BCUT2D eigenvalue weighted by Gasteiger charge is -2.43. The molecule has 0 bridgehead atoms. The third-order valence-corrected chi connectivity index (χ3v) is 10.0. The molecule has 3 atom stereocenters. The Hall–Kier alpha value is -2.23. The molecule has 2 aromatic rings. The lowest BCUT2D eigenvalue weighted by Crippen LogP contribution is -2.39. The quantitative estimate of drug-likeness (QED) is 0.605. The number of esters is 1. The zero-order valence-corrected chi connectivity index (χ0v) is 20.1. The van der Waals surface area contributed by atoms with Gasteiger partial charge in [0.05, 0.1) is 36.9 Å². The van der Waals surface area contributed by atoms with Gasteiger partial charge in [-0.25, -0.2) is 0 Å². The number of rotatable bonds is 6. The van der Waals surface area contributed by atoms with Gasteiger partial charge in [0.15, 0.2) is 23.0 Å². The van der Waals surface area contributed by atoms with Crippen LogP contribution in [-0.2, 0) is 13.6 Å². The number of methoxy groups -OCH3 is 2. The lowest BCUT2D eigenvalue weighted by atomic mass is 9.82. The highest BCUT2D eigenvalue weighted by Gasteiger charge is 2.55. The third-order valence-electron chi connectivity index (χ3n) is 6.38. The molecule has 3 aliphatic heterocycles. The van der Waals surface area contributed by atoms with Crippen molar-refractivity contribution in [1.82, 2.24) is 0 Å². The van der Waals surface area contributed by atoms with E-state index >= 15 is 0 Å². The average Bonchev–Trinajstić information content (AvgIpc) is 3.49. The van der Waals surface area contributed by atoms with Gasteiger partial charge >= 0.3 is 5.97 Å². The maximum Gasteiger partial charge on any atom is 0.312 e. The molecule has 0 radical (unpaired) electrons. The number of thioether (sulfide) groups is 2. The Kier molecular flexibility index (Phi) is 6.28. The molecule has 176 valence electrons. The second kappa shape index (κ2) is 9.19. The van der Waals surface area contributed by atoms with E-state index in [0.717, 1.165) is 23.5 Å². The van der Waals surface area contributed by atoms with Crippen molar-refractivity contribution in [3.63, 3.8) is 0 Å². The van der Waals surface area contributed by atoms with E-state index in [2.05, 4.69) is 0 Å². The van der Waals surface area contributed by atoms with Crippen molar-refractivity contribution in [2.24, 2.45) is 11.8 Å². The van der Waals surface area contributed by atoms with Gasteiger partial charge in [0.1, 0.15) is 0 Å². The van der Waals surface area contributed by atoms with E-state index in [4.69, 9.17) is 23.7 Å². The molecule has 7 nitrogen and oxygen atoms in total. The molecule has 2 aromatic carbocycles. The molecule has 5 rings (SSSR count). The van der Waals surface area contributed by atoms with Gasteiger partial charge in [-0.05, 0) is 53.3 Å². The predicted octanol–water partition coefficient (Wildman–Crippen LogP) is 3.98. The summed E-state index contributed by atoms with van der Waals surface area (Å²) in [6.45, 7) is 0.401. The highest BCUT2D eigenvalue weighted by atomic mass is 32.2. The molecule has 2 saturated heterocycles. The van der Waals surface area contributed by atoms with Gasteiger partial charge in [-0.2, -0.15) is 0 Å². The van der Waals surface area contributed by atoms with Crippen LogP contribution in [0.1, 0.15) is 23.7 Å². The van der Waals surface area contributed by atoms with Crippen LogP contribution in [0.5, 0.6) is 23.0 Å². The number of carbonyl (C=O) groups is 1. The second-order valence-corrected chi connectivity index (χ2v) is 11.0. The molecule has 1 N–H and O–H groups in total. The van der Waals surface area contributed by atoms with E-state index in [1.165, 1.54) is 0 Å². The maximum absolute atomic E-state index is 13.0. The highest BCUT2D eigenvalue weighted by Crippen LogP contribution is 2.60. The standard InChI is InChI=1S/C24H26O7S2/c1-27-17-7-5-15(11-19(17)28-2)24(32-8-3-9-33-24)16-12-29-23(26)21(16)22(25)14-4-6-18-20(10-14)31-13-30-18/h4-7,10-11,16,21-22,25H,3,8-9,12-13H2,1-2H3/t16-,21-,22+/m0/s1. The normalized spacial score (nSPS) is 24.3. The maximum atomic E-state index is 13.0. The molecule has 0 aromatic heterocycles. The van der Waals surface area contributed by atoms with Gasteiger partial charge < -0.3 is 28.8 Å². The second-order valence-electron chi connectivity index (χ2n) is 8.11. The number of cyclic esters (lactones) is 1. The Morgan fingerprint density at radius 1 is 1.00 bits per heavy atom. The topological polar surface area (TPSA) is 83.5 Å². The number of ether oxygens (including phenoxy) is 5. The van der Waals surface area contributed by atoms with E-state index < -0.39 is 16.1 Å². The van der Waals surface area contributed by atoms with Crippen LogP contribution in [0.15, 0.2) is 36.4 Å². The van der Waals surface area contributed by atoms with Crippen molar-refractivity contribution >= 4 is 29.5 Å². The number of carbonyl (C=O) groups excluding carboxylic acids is 1. The van der Waals surface area contributed by atoms with Crippen molar-refractivity contribution in [3.05, 3.63) is 47.5 Å². The summed E-state index contributed by atoms with van der Waals surface area (Å²) in [7, 11) is 3.22. The summed E-state index contributed by atoms with van der Waals surface area (Å²) in [6, 6.07) is 11.2. The zero-order valence-electron chi connectivity index (χ0n) is 18.4. The van der Waals surface area contributed by atoms with Gasteiger partial charge in [-0.15, -0.1) is 23.5 Å². The van der Waals surface area contributed by atoms with Gasteiger partial charge in [0, 0.05) is 5.92 Å². The molecule has 0 unspecified atom stereocenters. The average molecular weight is 491 g/mol. The van der Waals surface area contributed by atoms with Crippen LogP contribution >= 0.6 is 23.5 Å². The fourth-order valence-electron chi connectivity index (χ4n) is 4.73. The minimum atomic E-state index is -1.03. The largest absolute Gasteiger partial charge is 0.493 e. The van der Waals surface area contributed by atoms with Crippen molar-refractivity contribution in [2.75, 3.05) is 39.1 Å². The lowest BCUT2D eigenvalue weighted by molar-refractivity contribution is -0.144. The van der Waals surface area contributed by atoms with Crippen molar-refractivity contribution in [3.8, 4) is 23.0 Å². The molecule has 0 amide bonds. The van der Waals surface area contributed by atoms with Crippen LogP contribution in [0.2, 0.25) is 0 Å². The fraction of sp³-hybridized carbons (Fsp3) is 0.458. The Bertz CT molecular complexity index is 1040. The molecule has 2 fully saturated rings. The Balaban J connectivity index is 1.54. The molecule has 3 heterocycles. The minimum Gasteiger partial charge on any atom is -0.493 e. The highest BCUT2D eigenvalue weighted by molar-refractivity contribution is 8.18. The first-order chi connectivity index (χ1) is 16.1. The van der Waals surface area contributed by atoms with E-state index in [1.807, 2.05) is 41.7 Å². The van der Waals surface area contributed by atoms with Crippen LogP contribution < -0.4 is 18.9 Å². The fourth-order valence-corrected chi connectivity index (χ4v) is 8.38. The molecule has 33 heavy (non-hydrogen) atoms. The molecule has 9 heteroatoms. The van der Waals surface area contributed by atoms with E-state index in [0.29, 0.717) is 28.6 Å². The van der Waals surface area contributed by atoms with Crippen molar-refractivity contribution in [2.45, 2.75) is 16.6 Å². The SMILES string of the molecule is COc1ccc(C2([C@H]3COC(=O)[C@@H]3[C@H](O)c3ccc4c(c3)OCO4)SCCCS2)cc1OC. The monoisotopic (exact) mass is 490 g/mol. The molecule has 0 spiro atoms. The summed E-state index contributed by atoms with van der Waals surface area (Å²) in [5, 5.41) is 11.4. The number of hydrogen-bond acceptors (Lipinski definition) is 9. The predicted molar refractivity (Wildman–Crippen MR) is 126 cm³/mol. The van der Waals surface area contributed by atoms with Crippen LogP contribution in [0.4, 0.5) is 0 Å². The summed E-state index contributed by atoms with van der Waals surface area (Å²) in [5.74, 6) is 3.09. The molecule has 0 aliphatic carbocycles. The van der Waals surface area contributed by atoms with E-state index in [-0.39, 0.29) is 25.3 Å². The first-order valence-electron chi connectivity index (χ1n) is 10.8. The summed E-state index contributed by atoms with van der Waals surface area (Å²) >= 11 is 3.62.